The fourth-order valence-corrected chi connectivity index (χ4v) is 3.38. The van der Waals surface area contributed by atoms with Crippen LogP contribution >= 0.6 is 0 Å². The maximum atomic E-state index is 5.97. The predicted octanol–water partition coefficient (Wildman–Crippen LogP) is 3.46. The summed E-state index contributed by atoms with van der Waals surface area (Å²) < 4.78 is 0. The minimum Gasteiger partial charge on any atom is -0.351 e. The number of para-hydroxylation sites is 1. The molecule has 0 amide bonds. The second-order valence-electron chi connectivity index (χ2n) is 5.76. The van der Waals surface area contributed by atoms with E-state index in [-0.39, 0.29) is 0 Å². The monoisotopic (exact) mass is 269 g/mol. The Kier molecular flexibility index (Phi) is 3.62. The lowest BCUT2D eigenvalue weighted by Gasteiger charge is -2.31. The molecule has 2 unspecified atom stereocenters. The summed E-state index contributed by atoms with van der Waals surface area (Å²) in [7, 11) is 0. The van der Waals surface area contributed by atoms with Gasteiger partial charge in [-0.1, -0.05) is 25.1 Å². The van der Waals surface area contributed by atoms with Crippen molar-refractivity contribution < 1.29 is 0 Å². The number of aromatic nitrogens is 1. The number of pyridine rings is 1. The van der Waals surface area contributed by atoms with Crippen LogP contribution in [0.4, 0.5) is 5.82 Å². The summed E-state index contributed by atoms with van der Waals surface area (Å²) in [5.41, 5.74) is 8.20. The summed E-state index contributed by atoms with van der Waals surface area (Å²) in [6.45, 7) is 5.11. The van der Waals surface area contributed by atoms with Gasteiger partial charge in [-0.25, -0.2) is 4.98 Å². The number of nitrogens with two attached hydrogens (primary N) is 1. The van der Waals surface area contributed by atoms with Crippen molar-refractivity contribution >= 4 is 16.7 Å². The summed E-state index contributed by atoms with van der Waals surface area (Å²) in [6.07, 6.45) is 3.68. The zero-order valence-corrected chi connectivity index (χ0v) is 12.3. The Labute approximate surface area is 120 Å². The molecule has 1 saturated heterocycles. The van der Waals surface area contributed by atoms with Crippen molar-refractivity contribution in [2.24, 2.45) is 5.73 Å². The molecule has 0 bridgehead atoms. The lowest BCUT2D eigenvalue weighted by molar-refractivity contribution is 0.619. The van der Waals surface area contributed by atoms with Gasteiger partial charge in [0, 0.05) is 29.6 Å². The highest BCUT2D eigenvalue weighted by Crippen LogP contribution is 2.34. The standard InChI is InChI=1S/C17H23N3/c1-3-15-9-8-12(2)20(15)17-14(11-18)10-13-6-4-5-7-16(13)19-17/h4-7,10,12,15H,3,8-9,11,18H2,1-2H3. The molecule has 1 aliphatic heterocycles. The largest absolute Gasteiger partial charge is 0.351 e. The molecule has 1 aliphatic rings. The molecule has 0 spiro atoms. The van der Waals surface area contributed by atoms with Crippen LogP contribution < -0.4 is 10.6 Å². The molecule has 3 heteroatoms. The van der Waals surface area contributed by atoms with E-state index < -0.39 is 0 Å². The number of fused-ring (bicyclic) bond motifs is 1. The van der Waals surface area contributed by atoms with Crippen LogP contribution in [0.15, 0.2) is 30.3 Å². The maximum Gasteiger partial charge on any atom is 0.134 e. The number of rotatable bonds is 3. The van der Waals surface area contributed by atoms with Crippen molar-refractivity contribution in [1.29, 1.82) is 0 Å². The molecule has 20 heavy (non-hydrogen) atoms. The van der Waals surface area contributed by atoms with E-state index in [0.717, 1.165) is 16.9 Å². The SMILES string of the molecule is CCC1CCC(C)N1c1nc2ccccc2cc1CN. The van der Waals surface area contributed by atoms with E-state index in [1.54, 1.807) is 0 Å². The first-order chi connectivity index (χ1) is 9.74. The molecule has 106 valence electrons. The molecule has 0 aliphatic carbocycles. The molecule has 1 aromatic heterocycles. The summed E-state index contributed by atoms with van der Waals surface area (Å²) in [6, 6.07) is 11.7. The van der Waals surface area contributed by atoms with Gasteiger partial charge in [0.05, 0.1) is 5.52 Å². The summed E-state index contributed by atoms with van der Waals surface area (Å²) >= 11 is 0. The highest BCUT2D eigenvalue weighted by Gasteiger charge is 2.31. The molecule has 3 rings (SSSR count). The van der Waals surface area contributed by atoms with Crippen LogP contribution in [0.25, 0.3) is 10.9 Å². The third kappa shape index (κ3) is 2.16. The van der Waals surface area contributed by atoms with Gasteiger partial charge in [-0.15, -0.1) is 0 Å². The normalized spacial score (nSPS) is 22.6. The number of anilines is 1. The van der Waals surface area contributed by atoms with Crippen molar-refractivity contribution in [3.05, 3.63) is 35.9 Å². The van der Waals surface area contributed by atoms with E-state index in [1.165, 1.54) is 24.6 Å². The van der Waals surface area contributed by atoms with Crippen LogP contribution in [0, 0.1) is 0 Å². The third-order valence-electron chi connectivity index (χ3n) is 4.50. The van der Waals surface area contributed by atoms with Crippen LogP contribution in [0.2, 0.25) is 0 Å². The highest BCUT2D eigenvalue weighted by molar-refractivity contribution is 5.82. The molecule has 1 aromatic carbocycles. The second kappa shape index (κ2) is 5.41. The highest BCUT2D eigenvalue weighted by atomic mass is 15.3. The summed E-state index contributed by atoms with van der Waals surface area (Å²) in [5.74, 6) is 1.10. The molecule has 2 atom stereocenters. The quantitative estimate of drug-likeness (QED) is 0.928. The van der Waals surface area contributed by atoms with E-state index in [4.69, 9.17) is 10.7 Å². The van der Waals surface area contributed by atoms with E-state index >= 15 is 0 Å². The van der Waals surface area contributed by atoms with E-state index in [2.05, 4.69) is 43.0 Å². The zero-order valence-electron chi connectivity index (χ0n) is 12.3. The van der Waals surface area contributed by atoms with Gasteiger partial charge in [0.25, 0.3) is 0 Å². The minimum atomic E-state index is 0.548. The molecule has 3 nitrogen and oxygen atoms in total. The van der Waals surface area contributed by atoms with Gasteiger partial charge < -0.3 is 10.6 Å². The Morgan fingerprint density at radius 2 is 2.10 bits per heavy atom. The molecule has 1 fully saturated rings. The van der Waals surface area contributed by atoms with Gasteiger partial charge in [-0.05, 0) is 38.3 Å². The van der Waals surface area contributed by atoms with Crippen LogP contribution in [-0.2, 0) is 6.54 Å². The Morgan fingerprint density at radius 3 is 2.85 bits per heavy atom. The first kappa shape index (κ1) is 13.4. The van der Waals surface area contributed by atoms with Crippen LogP contribution in [0.1, 0.15) is 38.7 Å². The zero-order chi connectivity index (χ0) is 14.1. The van der Waals surface area contributed by atoms with Crippen molar-refractivity contribution in [3.8, 4) is 0 Å². The first-order valence-corrected chi connectivity index (χ1v) is 7.61. The second-order valence-corrected chi connectivity index (χ2v) is 5.76. The average Bonchev–Trinajstić information content (AvgIpc) is 2.86. The molecule has 0 radical (unpaired) electrons. The number of hydrogen-bond donors (Lipinski definition) is 1. The van der Waals surface area contributed by atoms with Gasteiger partial charge in [0.2, 0.25) is 0 Å². The Bertz CT molecular complexity index is 608. The minimum absolute atomic E-state index is 0.548. The van der Waals surface area contributed by atoms with Crippen molar-refractivity contribution in [3.63, 3.8) is 0 Å². The molecular formula is C17H23N3. The van der Waals surface area contributed by atoms with Gasteiger partial charge in [0.1, 0.15) is 5.82 Å². The molecule has 2 N–H and O–H groups in total. The van der Waals surface area contributed by atoms with Gasteiger partial charge in [-0.2, -0.15) is 0 Å². The molecule has 2 aromatic rings. The van der Waals surface area contributed by atoms with Gasteiger partial charge >= 0.3 is 0 Å². The predicted molar refractivity (Wildman–Crippen MR) is 84.9 cm³/mol. The van der Waals surface area contributed by atoms with Crippen LogP contribution in [-0.4, -0.2) is 17.1 Å². The van der Waals surface area contributed by atoms with E-state index in [1.807, 2.05) is 6.07 Å². The van der Waals surface area contributed by atoms with Gasteiger partial charge in [0.15, 0.2) is 0 Å². The fourth-order valence-electron chi connectivity index (χ4n) is 3.38. The number of benzene rings is 1. The summed E-state index contributed by atoms with van der Waals surface area (Å²) in [4.78, 5) is 7.42. The Hall–Kier alpha value is -1.61. The van der Waals surface area contributed by atoms with E-state index in [9.17, 15) is 0 Å². The molecule has 0 saturated carbocycles. The van der Waals surface area contributed by atoms with E-state index in [0.29, 0.717) is 18.6 Å². The topological polar surface area (TPSA) is 42.2 Å². The van der Waals surface area contributed by atoms with Crippen LogP contribution in [0.5, 0.6) is 0 Å². The number of hydrogen-bond acceptors (Lipinski definition) is 3. The van der Waals surface area contributed by atoms with Crippen molar-refractivity contribution in [1.82, 2.24) is 4.98 Å². The molecule has 2 heterocycles. The lowest BCUT2D eigenvalue weighted by atomic mass is 10.1. The maximum absolute atomic E-state index is 5.97. The molecular weight excluding hydrogens is 246 g/mol. The van der Waals surface area contributed by atoms with Crippen LogP contribution in [0.3, 0.4) is 0 Å². The van der Waals surface area contributed by atoms with Gasteiger partial charge in [-0.3, -0.25) is 0 Å². The first-order valence-electron chi connectivity index (χ1n) is 7.61. The Morgan fingerprint density at radius 1 is 1.30 bits per heavy atom. The fraction of sp³-hybridized carbons (Fsp3) is 0.471. The lowest BCUT2D eigenvalue weighted by Crippen LogP contribution is -2.35. The van der Waals surface area contributed by atoms with Crippen molar-refractivity contribution in [2.45, 2.75) is 51.7 Å². The Balaban J connectivity index is 2.13. The smallest absolute Gasteiger partial charge is 0.134 e. The van der Waals surface area contributed by atoms with Crippen molar-refractivity contribution in [2.75, 3.05) is 4.90 Å². The average molecular weight is 269 g/mol. The number of nitrogens with zero attached hydrogens (tertiary/aromatic N) is 2. The summed E-state index contributed by atoms with van der Waals surface area (Å²) in [5, 5.41) is 1.18. The third-order valence-corrected chi connectivity index (χ3v) is 4.50.